The first-order valence-corrected chi connectivity index (χ1v) is 7.85. The van der Waals surface area contributed by atoms with E-state index in [1.165, 1.54) is 0 Å². The zero-order chi connectivity index (χ0) is 15.7. The van der Waals surface area contributed by atoms with Crippen molar-refractivity contribution in [1.29, 1.82) is 0 Å². The van der Waals surface area contributed by atoms with Crippen molar-refractivity contribution in [2.75, 3.05) is 25.0 Å². The van der Waals surface area contributed by atoms with Crippen LogP contribution in [0.2, 0.25) is 0 Å². The minimum absolute atomic E-state index is 0.167. The molecule has 1 aromatic rings. The molecule has 1 N–H and O–H groups in total. The maximum atomic E-state index is 11.0. The molecule has 0 fully saturated rings. The molecule has 0 heterocycles. The third-order valence-corrected chi connectivity index (χ3v) is 3.34. The molecule has 0 aliphatic rings. The van der Waals surface area contributed by atoms with Gasteiger partial charge in [-0.05, 0) is 44.0 Å². The van der Waals surface area contributed by atoms with Crippen molar-refractivity contribution in [3.63, 3.8) is 0 Å². The van der Waals surface area contributed by atoms with Crippen LogP contribution >= 0.6 is 0 Å². The topological polar surface area (TPSA) is 58.4 Å². The Morgan fingerprint density at radius 3 is 2.33 bits per heavy atom. The van der Waals surface area contributed by atoms with E-state index in [2.05, 4.69) is 31.0 Å². The number of nitro groups is 1. The van der Waals surface area contributed by atoms with Gasteiger partial charge >= 0.3 is 0 Å². The molecule has 1 rings (SSSR count). The monoisotopic (exact) mass is 293 g/mol. The van der Waals surface area contributed by atoms with E-state index >= 15 is 0 Å². The van der Waals surface area contributed by atoms with Crippen molar-refractivity contribution in [2.24, 2.45) is 0 Å². The van der Waals surface area contributed by atoms with E-state index < -0.39 is 0 Å². The molecule has 5 heteroatoms. The number of non-ortho nitro benzene ring substituents is 1. The smallest absolute Gasteiger partial charge is 0.269 e. The molecule has 0 aromatic heterocycles. The summed E-state index contributed by atoms with van der Waals surface area (Å²) in [5.74, 6) is 0. The maximum Gasteiger partial charge on any atom is 0.269 e. The second kappa shape index (κ2) is 9.34. The van der Waals surface area contributed by atoms with E-state index in [-0.39, 0.29) is 10.6 Å². The average Bonchev–Trinajstić information content (AvgIpc) is 2.46. The zero-order valence-corrected chi connectivity index (χ0v) is 13.4. The van der Waals surface area contributed by atoms with Gasteiger partial charge in [-0.3, -0.25) is 15.0 Å². The lowest BCUT2D eigenvalue weighted by Crippen LogP contribution is -2.25. The van der Waals surface area contributed by atoms with E-state index in [9.17, 15) is 10.1 Å². The van der Waals surface area contributed by atoms with Crippen LogP contribution < -0.4 is 5.32 Å². The predicted octanol–water partition coefficient (Wildman–Crippen LogP) is 4.04. The molecule has 5 nitrogen and oxygen atoms in total. The van der Waals surface area contributed by atoms with Crippen LogP contribution in [0.4, 0.5) is 11.4 Å². The molecule has 0 atom stereocenters. The Morgan fingerprint density at radius 1 is 1.14 bits per heavy atom. The lowest BCUT2D eigenvalue weighted by Gasteiger charge is -2.22. The van der Waals surface area contributed by atoms with Crippen LogP contribution in [-0.2, 0) is 6.54 Å². The highest BCUT2D eigenvalue weighted by atomic mass is 16.6. The molecule has 0 aliphatic carbocycles. The van der Waals surface area contributed by atoms with Crippen LogP contribution in [0.15, 0.2) is 18.2 Å². The largest absolute Gasteiger partial charge is 0.385 e. The molecule has 0 unspecified atom stereocenters. The fraction of sp³-hybridized carbons (Fsp3) is 0.625. The van der Waals surface area contributed by atoms with Gasteiger partial charge in [-0.2, -0.15) is 0 Å². The highest BCUT2D eigenvalue weighted by Crippen LogP contribution is 2.24. The quantitative estimate of drug-likeness (QED) is 0.522. The number of nitrogens with one attached hydrogen (secondary N) is 1. The summed E-state index contributed by atoms with van der Waals surface area (Å²) in [5.41, 5.74) is 2.19. The van der Waals surface area contributed by atoms with Crippen LogP contribution in [-0.4, -0.2) is 29.5 Å². The SMILES string of the molecule is CCCNc1ccc([N+](=O)[O-])cc1CN(CCC)CCC. The van der Waals surface area contributed by atoms with Crippen molar-refractivity contribution in [3.05, 3.63) is 33.9 Å². The summed E-state index contributed by atoms with van der Waals surface area (Å²) in [5, 5.41) is 14.4. The molecule has 0 amide bonds. The molecular formula is C16H27N3O2. The summed E-state index contributed by atoms with van der Waals surface area (Å²) in [7, 11) is 0. The van der Waals surface area contributed by atoms with Gasteiger partial charge in [-0.25, -0.2) is 0 Å². The fourth-order valence-corrected chi connectivity index (χ4v) is 2.40. The van der Waals surface area contributed by atoms with E-state index in [1.54, 1.807) is 12.1 Å². The van der Waals surface area contributed by atoms with Crippen LogP contribution in [0, 0.1) is 10.1 Å². The molecule has 0 bridgehead atoms. The predicted molar refractivity (Wildman–Crippen MR) is 87.7 cm³/mol. The van der Waals surface area contributed by atoms with Gasteiger partial charge in [0.15, 0.2) is 0 Å². The second-order valence-corrected chi connectivity index (χ2v) is 5.30. The maximum absolute atomic E-state index is 11.0. The summed E-state index contributed by atoms with van der Waals surface area (Å²) >= 11 is 0. The van der Waals surface area contributed by atoms with Crippen LogP contribution in [0.3, 0.4) is 0 Å². The number of nitro benzene ring substituents is 1. The first-order chi connectivity index (χ1) is 10.1. The zero-order valence-electron chi connectivity index (χ0n) is 13.4. The molecule has 21 heavy (non-hydrogen) atoms. The highest BCUT2D eigenvalue weighted by molar-refractivity contribution is 5.56. The number of anilines is 1. The van der Waals surface area contributed by atoms with E-state index in [0.29, 0.717) is 0 Å². The average molecular weight is 293 g/mol. The number of benzene rings is 1. The molecule has 0 aliphatic heterocycles. The third-order valence-electron chi connectivity index (χ3n) is 3.34. The Kier molecular flexibility index (Phi) is 7.75. The summed E-state index contributed by atoms with van der Waals surface area (Å²) in [6, 6.07) is 5.11. The number of rotatable bonds is 10. The van der Waals surface area contributed by atoms with E-state index in [1.807, 2.05) is 6.07 Å². The van der Waals surface area contributed by atoms with Crippen molar-refractivity contribution >= 4 is 11.4 Å². The van der Waals surface area contributed by atoms with Gasteiger partial charge in [0.2, 0.25) is 0 Å². The molecule has 1 aromatic carbocycles. The summed E-state index contributed by atoms with van der Waals surface area (Å²) in [6.07, 6.45) is 3.21. The summed E-state index contributed by atoms with van der Waals surface area (Å²) in [6.45, 7) is 10.1. The van der Waals surface area contributed by atoms with Crippen molar-refractivity contribution in [3.8, 4) is 0 Å². The van der Waals surface area contributed by atoms with Crippen LogP contribution in [0.5, 0.6) is 0 Å². The van der Waals surface area contributed by atoms with Crippen LogP contribution in [0.1, 0.15) is 45.6 Å². The van der Waals surface area contributed by atoms with Gasteiger partial charge in [-0.1, -0.05) is 20.8 Å². The number of nitrogens with zero attached hydrogens (tertiary/aromatic N) is 2. The minimum Gasteiger partial charge on any atom is -0.385 e. The van der Waals surface area contributed by atoms with Gasteiger partial charge in [0.05, 0.1) is 4.92 Å². The van der Waals surface area contributed by atoms with Crippen molar-refractivity contribution < 1.29 is 4.92 Å². The van der Waals surface area contributed by atoms with E-state index in [0.717, 1.165) is 56.7 Å². The Bertz CT molecular complexity index is 443. The number of hydrogen-bond acceptors (Lipinski definition) is 4. The molecular weight excluding hydrogens is 266 g/mol. The number of hydrogen-bond donors (Lipinski definition) is 1. The molecule has 0 spiro atoms. The van der Waals surface area contributed by atoms with Gasteiger partial charge in [0.25, 0.3) is 5.69 Å². The minimum atomic E-state index is -0.322. The Hall–Kier alpha value is -1.62. The normalized spacial score (nSPS) is 10.9. The second-order valence-electron chi connectivity index (χ2n) is 5.30. The standard InChI is InChI=1S/C16H27N3O2/c1-4-9-17-16-8-7-15(19(20)21)12-14(16)13-18(10-5-2)11-6-3/h7-8,12,17H,4-6,9-11,13H2,1-3H3. The van der Waals surface area contributed by atoms with Gasteiger partial charge in [0.1, 0.15) is 0 Å². The Balaban J connectivity index is 2.97. The lowest BCUT2D eigenvalue weighted by atomic mass is 10.1. The first-order valence-electron chi connectivity index (χ1n) is 7.85. The Labute approximate surface area is 127 Å². The highest BCUT2D eigenvalue weighted by Gasteiger charge is 2.13. The Morgan fingerprint density at radius 2 is 1.81 bits per heavy atom. The van der Waals surface area contributed by atoms with Crippen molar-refractivity contribution in [1.82, 2.24) is 4.90 Å². The lowest BCUT2D eigenvalue weighted by molar-refractivity contribution is -0.384. The van der Waals surface area contributed by atoms with Gasteiger partial charge < -0.3 is 5.32 Å². The van der Waals surface area contributed by atoms with E-state index in [4.69, 9.17) is 0 Å². The molecule has 0 saturated carbocycles. The van der Waals surface area contributed by atoms with Crippen molar-refractivity contribution in [2.45, 2.75) is 46.6 Å². The first kappa shape index (κ1) is 17.4. The van der Waals surface area contributed by atoms with Crippen LogP contribution in [0.25, 0.3) is 0 Å². The summed E-state index contributed by atoms with van der Waals surface area (Å²) < 4.78 is 0. The fourth-order valence-electron chi connectivity index (χ4n) is 2.40. The van der Waals surface area contributed by atoms with Gasteiger partial charge in [-0.15, -0.1) is 0 Å². The van der Waals surface area contributed by atoms with Gasteiger partial charge in [0, 0.05) is 30.9 Å². The molecule has 118 valence electrons. The molecule has 0 saturated heterocycles. The summed E-state index contributed by atoms with van der Waals surface area (Å²) in [4.78, 5) is 13.0. The molecule has 0 radical (unpaired) electrons. The third kappa shape index (κ3) is 5.71.